The zero-order chi connectivity index (χ0) is 16.5. The maximum Gasteiger partial charge on any atom is 0.233 e. The molecule has 3 aromatic rings. The van der Waals surface area contributed by atoms with E-state index in [0.29, 0.717) is 12.3 Å². The number of anilines is 1. The molecular formula is C19H18N2OS2. The van der Waals surface area contributed by atoms with Gasteiger partial charge in [-0.05, 0) is 35.4 Å². The highest BCUT2D eigenvalue weighted by Crippen LogP contribution is 2.35. The Morgan fingerprint density at radius 1 is 1.29 bits per heavy atom. The fraction of sp³-hybridized carbons (Fsp3) is 0.263. The van der Waals surface area contributed by atoms with Gasteiger partial charge in [0.1, 0.15) is 5.01 Å². The lowest BCUT2D eigenvalue weighted by atomic mass is 9.91. The highest BCUT2D eigenvalue weighted by atomic mass is 32.1. The van der Waals surface area contributed by atoms with Crippen molar-refractivity contribution in [2.75, 3.05) is 11.4 Å². The lowest BCUT2D eigenvalue weighted by Crippen LogP contribution is -2.37. The first-order valence-corrected chi connectivity index (χ1v) is 9.91. The van der Waals surface area contributed by atoms with E-state index in [1.807, 2.05) is 21.7 Å². The van der Waals surface area contributed by atoms with E-state index in [2.05, 4.69) is 41.6 Å². The molecule has 3 nitrogen and oxygen atoms in total. The molecule has 1 amide bonds. The number of benzene rings is 1. The van der Waals surface area contributed by atoms with Gasteiger partial charge in [0.15, 0.2) is 0 Å². The fourth-order valence-electron chi connectivity index (χ4n) is 3.17. The zero-order valence-electron chi connectivity index (χ0n) is 13.4. The number of carbonyl (C=O) groups is 1. The summed E-state index contributed by atoms with van der Waals surface area (Å²) < 4.78 is 0. The van der Waals surface area contributed by atoms with Crippen LogP contribution in [0.15, 0.2) is 46.5 Å². The number of thiophene rings is 1. The second-order valence-electron chi connectivity index (χ2n) is 6.13. The molecule has 0 bridgehead atoms. The van der Waals surface area contributed by atoms with E-state index in [4.69, 9.17) is 0 Å². The summed E-state index contributed by atoms with van der Waals surface area (Å²) in [5.41, 5.74) is 4.34. The number of para-hydroxylation sites is 1. The number of amides is 1. The maximum absolute atomic E-state index is 12.8. The summed E-state index contributed by atoms with van der Waals surface area (Å²) in [6.45, 7) is 3.02. The third-order valence-corrected chi connectivity index (χ3v) is 6.12. The highest BCUT2D eigenvalue weighted by Gasteiger charge is 2.26. The van der Waals surface area contributed by atoms with Crippen molar-refractivity contribution in [1.82, 2.24) is 4.98 Å². The second kappa shape index (κ2) is 6.49. The van der Waals surface area contributed by atoms with Gasteiger partial charge in [-0.2, -0.15) is 11.3 Å². The summed E-state index contributed by atoms with van der Waals surface area (Å²) in [4.78, 5) is 19.4. The van der Waals surface area contributed by atoms with E-state index in [1.54, 1.807) is 22.7 Å². The summed E-state index contributed by atoms with van der Waals surface area (Å²) in [7, 11) is 0. The summed E-state index contributed by atoms with van der Waals surface area (Å²) in [6.07, 6.45) is 1.38. The molecular weight excluding hydrogens is 336 g/mol. The molecule has 0 fully saturated rings. The average Bonchev–Trinajstić information content (AvgIpc) is 3.26. The number of thiazole rings is 1. The van der Waals surface area contributed by atoms with Gasteiger partial charge in [0.25, 0.3) is 0 Å². The van der Waals surface area contributed by atoms with E-state index in [-0.39, 0.29) is 5.91 Å². The second-order valence-corrected chi connectivity index (χ2v) is 7.76. The van der Waals surface area contributed by atoms with Gasteiger partial charge in [0, 0.05) is 28.6 Å². The van der Waals surface area contributed by atoms with Crippen LogP contribution in [0.25, 0.3) is 10.6 Å². The van der Waals surface area contributed by atoms with Crippen molar-refractivity contribution in [3.8, 4) is 10.6 Å². The molecule has 122 valence electrons. The standard InChI is InChI=1S/C19H18N2OS2/c1-13-6-8-21(17-5-3-2-4-16(13)17)18(22)10-15-12-24-19(20-15)14-7-9-23-11-14/h2-5,7,9,11-13H,6,8,10H2,1H3. The lowest BCUT2D eigenvalue weighted by Gasteiger charge is -2.32. The number of nitrogens with zero attached hydrogens (tertiary/aromatic N) is 2. The van der Waals surface area contributed by atoms with Crippen LogP contribution in [0.2, 0.25) is 0 Å². The molecule has 1 unspecified atom stereocenters. The van der Waals surface area contributed by atoms with Gasteiger partial charge >= 0.3 is 0 Å². The van der Waals surface area contributed by atoms with Gasteiger partial charge < -0.3 is 4.90 Å². The minimum atomic E-state index is 0.136. The van der Waals surface area contributed by atoms with Gasteiger partial charge in [-0.25, -0.2) is 4.98 Å². The van der Waals surface area contributed by atoms with Crippen molar-refractivity contribution in [2.24, 2.45) is 0 Å². The molecule has 4 rings (SSSR count). The molecule has 1 aliphatic heterocycles. The smallest absolute Gasteiger partial charge is 0.233 e. The number of rotatable bonds is 3. The Kier molecular flexibility index (Phi) is 4.21. The van der Waals surface area contributed by atoms with E-state index in [0.717, 1.165) is 34.9 Å². The van der Waals surface area contributed by atoms with Gasteiger partial charge in [-0.3, -0.25) is 4.79 Å². The molecule has 1 atom stereocenters. The van der Waals surface area contributed by atoms with Crippen molar-refractivity contribution in [2.45, 2.75) is 25.7 Å². The topological polar surface area (TPSA) is 33.2 Å². The largest absolute Gasteiger partial charge is 0.312 e. The Morgan fingerprint density at radius 3 is 3.00 bits per heavy atom. The Hall–Kier alpha value is -1.98. The van der Waals surface area contributed by atoms with Crippen molar-refractivity contribution >= 4 is 34.3 Å². The van der Waals surface area contributed by atoms with E-state index in [1.165, 1.54) is 5.56 Å². The molecule has 3 heterocycles. The quantitative estimate of drug-likeness (QED) is 0.666. The average molecular weight is 355 g/mol. The number of aromatic nitrogens is 1. The van der Waals surface area contributed by atoms with Crippen LogP contribution in [0.3, 0.4) is 0 Å². The molecule has 1 aliphatic rings. The molecule has 0 radical (unpaired) electrons. The molecule has 0 N–H and O–H groups in total. The van der Waals surface area contributed by atoms with E-state index >= 15 is 0 Å². The Balaban J connectivity index is 1.54. The minimum Gasteiger partial charge on any atom is -0.312 e. The van der Waals surface area contributed by atoms with Crippen LogP contribution in [0.4, 0.5) is 5.69 Å². The molecule has 0 aliphatic carbocycles. The fourth-order valence-corrected chi connectivity index (χ4v) is 4.70. The highest BCUT2D eigenvalue weighted by molar-refractivity contribution is 7.14. The van der Waals surface area contributed by atoms with E-state index in [9.17, 15) is 4.79 Å². The predicted octanol–water partition coefficient (Wildman–Crippen LogP) is 4.95. The molecule has 1 aromatic carbocycles. The SMILES string of the molecule is CC1CCN(C(=O)Cc2csc(-c3ccsc3)n2)c2ccccc21. The Labute approximate surface area is 149 Å². The summed E-state index contributed by atoms with van der Waals surface area (Å²) >= 11 is 3.27. The van der Waals surface area contributed by atoms with Gasteiger partial charge in [0.2, 0.25) is 5.91 Å². The molecule has 0 saturated carbocycles. The Morgan fingerprint density at radius 2 is 2.17 bits per heavy atom. The first-order chi connectivity index (χ1) is 11.7. The van der Waals surface area contributed by atoms with Crippen LogP contribution < -0.4 is 4.90 Å². The zero-order valence-corrected chi connectivity index (χ0v) is 15.1. The molecule has 0 saturated heterocycles. The summed E-state index contributed by atoms with van der Waals surface area (Å²) in [5.74, 6) is 0.645. The van der Waals surface area contributed by atoms with Crippen LogP contribution in [0.5, 0.6) is 0 Å². The third kappa shape index (κ3) is 2.89. The van der Waals surface area contributed by atoms with Gasteiger partial charge in [-0.15, -0.1) is 11.3 Å². The van der Waals surface area contributed by atoms with Crippen LogP contribution in [-0.2, 0) is 11.2 Å². The minimum absolute atomic E-state index is 0.136. The molecule has 24 heavy (non-hydrogen) atoms. The monoisotopic (exact) mass is 354 g/mol. The number of fused-ring (bicyclic) bond motifs is 1. The first-order valence-electron chi connectivity index (χ1n) is 8.08. The maximum atomic E-state index is 12.8. The van der Waals surface area contributed by atoms with Crippen LogP contribution in [-0.4, -0.2) is 17.4 Å². The molecule has 5 heteroatoms. The normalized spacial score (nSPS) is 16.9. The third-order valence-electron chi connectivity index (χ3n) is 4.50. The Bertz CT molecular complexity index is 854. The number of carbonyl (C=O) groups excluding carboxylic acids is 1. The summed E-state index contributed by atoms with van der Waals surface area (Å²) in [5, 5.41) is 7.13. The van der Waals surface area contributed by atoms with Crippen molar-refractivity contribution in [1.29, 1.82) is 0 Å². The molecule has 2 aromatic heterocycles. The van der Waals surface area contributed by atoms with Crippen molar-refractivity contribution < 1.29 is 4.79 Å². The number of hydrogen-bond acceptors (Lipinski definition) is 4. The van der Waals surface area contributed by atoms with Gasteiger partial charge in [-0.1, -0.05) is 25.1 Å². The van der Waals surface area contributed by atoms with Crippen LogP contribution >= 0.6 is 22.7 Å². The predicted molar refractivity (Wildman–Crippen MR) is 101 cm³/mol. The first kappa shape index (κ1) is 15.5. The molecule has 0 spiro atoms. The van der Waals surface area contributed by atoms with Gasteiger partial charge in [0.05, 0.1) is 12.1 Å². The van der Waals surface area contributed by atoms with E-state index < -0.39 is 0 Å². The van der Waals surface area contributed by atoms with Crippen LogP contribution in [0.1, 0.15) is 30.5 Å². The lowest BCUT2D eigenvalue weighted by molar-refractivity contribution is -0.118. The number of hydrogen-bond donors (Lipinski definition) is 0. The summed E-state index contributed by atoms with van der Waals surface area (Å²) in [6, 6.07) is 10.3. The van der Waals surface area contributed by atoms with Crippen molar-refractivity contribution in [3.05, 3.63) is 57.7 Å². The van der Waals surface area contributed by atoms with Crippen molar-refractivity contribution in [3.63, 3.8) is 0 Å². The van der Waals surface area contributed by atoms with Crippen LogP contribution in [0, 0.1) is 0 Å².